The van der Waals surface area contributed by atoms with Crippen LogP contribution in [0.25, 0.3) is 0 Å². The minimum absolute atomic E-state index is 0.0962. The van der Waals surface area contributed by atoms with Gasteiger partial charge in [0.1, 0.15) is 25.4 Å². The second-order valence-corrected chi connectivity index (χ2v) is 9.02. The first-order chi connectivity index (χ1) is 21.2. The molecule has 4 aromatic rings. The topological polar surface area (TPSA) is 243 Å². The Kier molecular flexibility index (Phi) is 10.9. The molecule has 5 amide bonds. The van der Waals surface area contributed by atoms with Crippen LogP contribution in [-0.4, -0.2) is 68.0 Å². The van der Waals surface area contributed by atoms with E-state index in [2.05, 4.69) is 62.3 Å². The molecule has 8 N–H and O–H groups in total. The molecule has 1 unspecified atom stereocenters. The zero-order valence-electron chi connectivity index (χ0n) is 23.8. The van der Waals surface area contributed by atoms with Gasteiger partial charge in [0.15, 0.2) is 6.73 Å². The van der Waals surface area contributed by atoms with Crippen LogP contribution < -0.4 is 31.9 Å². The standard InChI is InChI=1S/C25H30N12O7/c1-14-4-6-17(8-19(14)32-23(38)34-21-26-11-29-36-21)28-13-42-44-43-16(3)10-41-25(40)31-18-7-5-15(2)20(9-18)33-24(39)35-22-27-12-30-37-22/h4-9,11-12,16,28H,10,13H2,1-3H3,(H,31,40)(H3,26,29,32,34,36,38)(H3,27,30,33,35,37,39). The summed E-state index contributed by atoms with van der Waals surface area (Å²) in [5, 5.41) is 33.0. The number of carbonyl (C=O) groups excluding carboxylic acids is 3. The average molecular weight is 611 g/mol. The van der Waals surface area contributed by atoms with Crippen LogP contribution in [-0.2, 0) is 19.6 Å². The molecular weight excluding hydrogens is 580 g/mol. The summed E-state index contributed by atoms with van der Waals surface area (Å²) in [7, 11) is 0. The molecule has 0 radical (unpaired) electrons. The van der Waals surface area contributed by atoms with Gasteiger partial charge in [-0.3, -0.25) is 16.0 Å². The van der Waals surface area contributed by atoms with Gasteiger partial charge in [-0.2, -0.15) is 29.9 Å². The molecule has 0 saturated heterocycles. The third-order valence-corrected chi connectivity index (χ3v) is 5.55. The van der Waals surface area contributed by atoms with Gasteiger partial charge >= 0.3 is 18.2 Å². The van der Waals surface area contributed by atoms with Crippen LogP contribution in [0.5, 0.6) is 0 Å². The summed E-state index contributed by atoms with van der Waals surface area (Å²) >= 11 is 0. The van der Waals surface area contributed by atoms with Crippen LogP contribution in [0.15, 0.2) is 49.1 Å². The second-order valence-electron chi connectivity index (χ2n) is 9.02. The van der Waals surface area contributed by atoms with Crippen LogP contribution in [0, 0.1) is 13.8 Å². The molecule has 2 heterocycles. The van der Waals surface area contributed by atoms with Crippen LogP contribution in [0.3, 0.4) is 0 Å². The van der Waals surface area contributed by atoms with Gasteiger partial charge in [0.05, 0.1) is 0 Å². The number of nitrogens with zero attached hydrogens (tertiary/aromatic N) is 4. The molecule has 0 aliphatic heterocycles. The van der Waals surface area contributed by atoms with E-state index in [1.54, 1.807) is 50.2 Å². The van der Waals surface area contributed by atoms with E-state index in [1.807, 2.05) is 6.92 Å². The molecule has 0 saturated carbocycles. The van der Waals surface area contributed by atoms with Crippen molar-refractivity contribution in [3.63, 3.8) is 0 Å². The summed E-state index contributed by atoms with van der Waals surface area (Å²) in [4.78, 5) is 54.2. The molecule has 0 fully saturated rings. The number of benzene rings is 2. The predicted octanol–water partition coefficient (Wildman–Crippen LogP) is 3.71. The molecule has 1 atom stereocenters. The third kappa shape index (κ3) is 9.94. The molecule has 4 rings (SSSR count). The minimum Gasteiger partial charge on any atom is -0.446 e. The quantitative estimate of drug-likeness (QED) is 0.0467. The van der Waals surface area contributed by atoms with Crippen LogP contribution in [0.2, 0.25) is 0 Å². The SMILES string of the molecule is Cc1ccc(NCOOOC(C)COC(=O)Nc2ccc(C)c(NC(=O)Nc3ncn[nH]3)c2)cc1NC(=O)Nc1ncn[nH]1. The Bertz CT molecular complexity index is 1530. The number of aryl methyl sites for hydroxylation is 2. The van der Waals surface area contributed by atoms with Crippen LogP contribution >= 0.6 is 0 Å². The normalized spacial score (nSPS) is 11.2. The maximum Gasteiger partial charge on any atom is 0.411 e. The van der Waals surface area contributed by atoms with Crippen molar-refractivity contribution in [2.24, 2.45) is 0 Å². The van der Waals surface area contributed by atoms with Gasteiger partial charge in [-0.05, 0) is 56.2 Å². The van der Waals surface area contributed by atoms with Crippen molar-refractivity contribution in [3.8, 4) is 0 Å². The fourth-order valence-electron chi connectivity index (χ4n) is 3.36. The zero-order valence-corrected chi connectivity index (χ0v) is 23.8. The zero-order chi connectivity index (χ0) is 31.3. The van der Waals surface area contributed by atoms with E-state index < -0.39 is 24.3 Å². The lowest BCUT2D eigenvalue weighted by atomic mass is 10.2. The van der Waals surface area contributed by atoms with E-state index in [-0.39, 0.29) is 25.2 Å². The van der Waals surface area contributed by atoms with Gasteiger partial charge in [0.25, 0.3) is 0 Å². The van der Waals surface area contributed by atoms with E-state index in [0.717, 1.165) is 11.1 Å². The van der Waals surface area contributed by atoms with Crippen LogP contribution in [0.1, 0.15) is 18.1 Å². The van der Waals surface area contributed by atoms with Gasteiger partial charge in [0, 0.05) is 22.7 Å². The summed E-state index contributed by atoms with van der Waals surface area (Å²) < 4.78 is 5.15. The summed E-state index contributed by atoms with van der Waals surface area (Å²) in [6.07, 6.45) is 1.11. The molecule has 19 nitrogen and oxygen atoms in total. The smallest absolute Gasteiger partial charge is 0.411 e. The van der Waals surface area contributed by atoms with Crippen molar-refractivity contribution >= 4 is 52.8 Å². The Hall–Kier alpha value is -5.79. The predicted molar refractivity (Wildman–Crippen MR) is 157 cm³/mol. The number of hydrogen-bond donors (Lipinski definition) is 8. The number of carbonyl (C=O) groups is 3. The van der Waals surface area contributed by atoms with Crippen molar-refractivity contribution in [1.82, 2.24) is 30.4 Å². The highest BCUT2D eigenvalue weighted by atomic mass is 17.5. The van der Waals surface area contributed by atoms with Crippen molar-refractivity contribution in [2.75, 3.05) is 45.2 Å². The van der Waals surface area contributed by atoms with Crippen molar-refractivity contribution < 1.29 is 33.9 Å². The monoisotopic (exact) mass is 610 g/mol. The Morgan fingerprint density at radius 3 is 1.93 bits per heavy atom. The van der Waals surface area contributed by atoms with E-state index >= 15 is 0 Å². The molecule has 44 heavy (non-hydrogen) atoms. The summed E-state index contributed by atoms with van der Waals surface area (Å²) in [5.74, 6) is 0.391. The first-order valence-corrected chi connectivity index (χ1v) is 13.0. The van der Waals surface area contributed by atoms with Crippen molar-refractivity contribution in [2.45, 2.75) is 26.9 Å². The van der Waals surface area contributed by atoms with Crippen molar-refractivity contribution in [3.05, 3.63) is 60.2 Å². The molecule has 0 bridgehead atoms. The Morgan fingerprint density at radius 2 is 1.36 bits per heavy atom. The fourth-order valence-corrected chi connectivity index (χ4v) is 3.36. The number of nitrogens with one attached hydrogen (secondary N) is 8. The van der Waals surface area contributed by atoms with E-state index in [9.17, 15) is 14.4 Å². The number of ether oxygens (including phenoxy) is 1. The Morgan fingerprint density at radius 1 is 0.795 bits per heavy atom. The molecule has 0 aliphatic rings. The summed E-state index contributed by atoms with van der Waals surface area (Å²) in [6, 6.07) is 9.20. The highest BCUT2D eigenvalue weighted by molar-refractivity contribution is 6.00. The molecular formula is C25H30N12O7. The maximum absolute atomic E-state index is 12.2. The molecule has 2 aromatic carbocycles. The number of hydrogen-bond acceptors (Lipinski definition) is 12. The van der Waals surface area contributed by atoms with E-state index in [0.29, 0.717) is 22.7 Å². The lowest BCUT2D eigenvalue weighted by Gasteiger charge is -2.14. The Labute approximate surface area is 249 Å². The number of H-pyrrole nitrogens is 2. The number of aromatic amines is 2. The number of rotatable bonds is 13. The van der Waals surface area contributed by atoms with Crippen molar-refractivity contribution in [1.29, 1.82) is 0 Å². The number of urea groups is 2. The Balaban J connectivity index is 1.12. The molecule has 19 heteroatoms. The van der Waals surface area contributed by atoms with Gasteiger partial charge in [-0.1, -0.05) is 17.2 Å². The molecule has 0 spiro atoms. The molecule has 2 aromatic heterocycles. The second kappa shape index (κ2) is 15.4. The lowest BCUT2D eigenvalue weighted by molar-refractivity contribution is -0.523. The first-order valence-electron chi connectivity index (χ1n) is 13.0. The highest BCUT2D eigenvalue weighted by Gasteiger charge is 2.12. The summed E-state index contributed by atoms with van der Waals surface area (Å²) in [6.45, 7) is 4.99. The number of anilines is 6. The van der Waals surface area contributed by atoms with E-state index in [1.165, 1.54) is 12.7 Å². The van der Waals surface area contributed by atoms with E-state index in [4.69, 9.17) is 19.6 Å². The number of aromatic nitrogens is 6. The van der Waals surface area contributed by atoms with Gasteiger partial charge in [-0.25, -0.2) is 24.6 Å². The maximum atomic E-state index is 12.2. The van der Waals surface area contributed by atoms with Gasteiger partial charge < -0.3 is 20.7 Å². The fraction of sp³-hybridized carbons (Fsp3) is 0.240. The number of amides is 5. The third-order valence-electron chi connectivity index (χ3n) is 5.55. The summed E-state index contributed by atoms with van der Waals surface area (Å²) in [5.41, 5.74) is 3.62. The molecule has 232 valence electrons. The largest absolute Gasteiger partial charge is 0.446 e. The lowest BCUT2D eigenvalue weighted by Crippen LogP contribution is -2.23. The minimum atomic E-state index is -0.748. The van der Waals surface area contributed by atoms with Gasteiger partial charge in [-0.15, -0.1) is 0 Å². The first kappa shape index (κ1) is 31.2. The average Bonchev–Trinajstić information content (AvgIpc) is 3.70. The van der Waals surface area contributed by atoms with Gasteiger partial charge in [0.2, 0.25) is 11.9 Å². The molecule has 0 aliphatic carbocycles. The highest BCUT2D eigenvalue weighted by Crippen LogP contribution is 2.22. The van der Waals surface area contributed by atoms with Crippen LogP contribution in [0.4, 0.5) is 49.0 Å².